The first-order chi connectivity index (χ1) is 16.7. The predicted octanol–water partition coefficient (Wildman–Crippen LogP) is 6.86. The van der Waals surface area contributed by atoms with E-state index in [0.29, 0.717) is 22.5 Å². The van der Waals surface area contributed by atoms with Gasteiger partial charge in [0.2, 0.25) is 0 Å². The van der Waals surface area contributed by atoms with Crippen LogP contribution in [0.4, 0.5) is 0 Å². The number of rotatable bonds is 7. The fourth-order valence-electron chi connectivity index (χ4n) is 4.27. The summed E-state index contributed by atoms with van der Waals surface area (Å²) in [5.41, 5.74) is 7.22. The summed E-state index contributed by atoms with van der Waals surface area (Å²) in [6.07, 6.45) is 1.72. The van der Waals surface area contributed by atoms with Gasteiger partial charge >= 0.3 is 5.97 Å². The third-order valence-corrected chi connectivity index (χ3v) is 7.22. The summed E-state index contributed by atoms with van der Waals surface area (Å²) in [5.74, 6) is -0.338. The van der Waals surface area contributed by atoms with Gasteiger partial charge in [0.15, 0.2) is 11.0 Å². The fourth-order valence-corrected chi connectivity index (χ4v) is 5.28. The Hall–Kier alpha value is -3.29. The van der Waals surface area contributed by atoms with Gasteiger partial charge in [0.25, 0.3) is 0 Å². The van der Waals surface area contributed by atoms with Crippen LogP contribution in [0, 0.1) is 27.7 Å². The minimum atomic E-state index is -1.01. The predicted molar refractivity (Wildman–Crippen MR) is 142 cm³/mol. The monoisotopic (exact) mass is 506 g/mol. The molecule has 0 fully saturated rings. The quantitative estimate of drug-likeness (QED) is 0.219. The molecule has 0 aliphatic carbocycles. The standard InChI is InChI=1S/C27H27ClN4O2S/c1-6-31-25(20-10-12-22(28)13-11-20)29-30-27(31)35-23(26(33)34)15-21-14-18(4)32(19(21)5)24-16(2)8-7-9-17(24)3/h7-15H,6H2,1-5H3,(H,33,34)/b23-15-. The number of halogens is 1. The Morgan fingerprint density at radius 3 is 2.31 bits per heavy atom. The van der Waals surface area contributed by atoms with Crippen LogP contribution in [-0.4, -0.2) is 30.4 Å². The molecule has 0 bridgehead atoms. The first-order valence-corrected chi connectivity index (χ1v) is 12.5. The van der Waals surface area contributed by atoms with Gasteiger partial charge in [-0.15, -0.1) is 10.2 Å². The number of hydrogen-bond donors (Lipinski definition) is 1. The average Bonchev–Trinajstić information content (AvgIpc) is 3.34. The lowest BCUT2D eigenvalue weighted by atomic mass is 10.1. The largest absolute Gasteiger partial charge is 0.477 e. The summed E-state index contributed by atoms with van der Waals surface area (Å²) in [6, 6.07) is 15.6. The van der Waals surface area contributed by atoms with Crippen LogP contribution in [-0.2, 0) is 11.3 Å². The van der Waals surface area contributed by atoms with Gasteiger partial charge in [-0.3, -0.25) is 0 Å². The van der Waals surface area contributed by atoms with E-state index in [4.69, 9.17) is 11.6 Å². The minimum Gasteiger partial charge on any atom is -0.477 e. The molecule has 6 nitrogen and oxygen atoms in total. The molecule has 180 valence electrons. The van der Waals surface area contributed by atoms with Gasteiger partial charge in [-0.25, -0.2) is 4.79 Å². The van der Waals surface area contributed by atoms with Crippen molar-refractivity contribution in [2.75, 3.05) is 0 Å². The number of benzene rings is 2. The van der Waals surface area contributed by atoms with E-state index in [1.807, 2.05) is 49.6 Å². The van der Waals surface area contributed by atoms with Crippen molar-refractivity contribution in [2.24, 2.45) is 0 Å². The summed E-state index contributed by atoms with van der Waals surface area (Å²) in [5, 5.41) is 19.8. The Bertz CT molecular complexity index is 1410. The van der Waals surface area contributed by atoms with E-state index in [1.165, 1.54) is 11.1 Å². The smallest absolute Gasteiger partial charge is 0.342 e. The lowest BCUT2D eigenvalue weighted by molar-refractivity contribution is -0.131. The molecule has 4 aromatic rings. The van der Waals surface area contributed by atoms with Gasteiger partial charge in [-0.2, -0.15) is 0 Å². The van der Waals surface area contributed by atoms with E-state index in [2.05, 4.69) is 40.7 Å². The summed E-state index contributed by atoms with van der Waals surface area (Å²) in [4.78, 5) is 12.4. The highest BCUT2D eigenvalue weighted by Crippen LogP contribution is 2.33. The molecular formula is C27H27ClN4O2S. The van der Waals surface area contributed by atoms with Crippen LogP contribution in [0.5, 0.6) is 0 Å². The van der Waals surface area contributed by atoms with E-state index in [9.17, 15) is 9.90 Å². The van der Waals surface area contributed by atoms with E-state index in [1.54, 1.807) is 18.2 Å². The van der Waals surface area contributed by atoms with Gasteiger partial charge in [-0.1, -0.05) is 29.8 Å². The van der Waals surface area contributed by atoms with E-state index < -0.39 is 5.97 Å². The number of aromatic nitrogens is 4. The number of carboxylic acids is 1. The highest BCUT2D eigenvalue weighted by Gasteiger charge is 2.20. The molecule has 35 heavy (non-hydrogen) atoms. The summed E-state index contributed by atoms with van der Waals surface area (Å²) < 4.78 is 4.10. The van der Waals surface area contributed by atoms with Crippen LogP contribution in [0.3, 0.4) is 0 Å². The number of nitrogens with zero attached hydrogens (tertiary/aromatic N) is 4. The molecule has 0 atom stereocenters. The van der Waals surface area contributed by atoms with Crippen molar-refractivity contribution in [2.45, 2.75) is 46.3 Å². The molecule has 0 saturated heterocycles. The zero-order valence-corrected chi connectivity index (χ0v) is 21.9. The average molecular weight is 507 g/mol. The molecule has 4 rings (SSSR count). The van der Waals surface area contributed by atoms with Crippen molar-refractivity contribution in [3.63, 3.8) is 0 Å². The van der Waals surface area contributed by atoms with Gasteiger partial charge in [0, 0.05) is 28.5 Å². The first-order valence-electron chi connectivity index (χ1n) is 11.3. The Kier molecular flexibility index (Phi) is 7.19. The summed E-state index contributed by atoms with van der Waals surface area (Å²) in [7, 11) is 0. The molecule has 8 heteroatoms. The molecule has 2 aromatic heterocycles. The highest BCUT2D eigenvalue weighted by molar-refractivity contribution is 8.04. The molecule has 2 aromatic carbocycles. The Balaban J connectivity index is 1.74. The number of carbonyl (C=O) groups is 1. The normalized spacial score (nSPS) is 11.8. The van der Waals surface area contributed by atoms with Crippen molar-refractivity contribution in [1.29, 1.82) is 0 Å². The molecule has 0 spiro atoms. The zero-order chi connectivity index (χ0) is 25.3. The van der Waals surface area contributed by atoms with Crippen LogP contribution in [0.25, 0.3) is 23.2 Å². The second-order valence-corrected chi connectivity index (χ2v) is 9.82. The highest BCUT2D eigenvalue weighted by atomic mass is 35.5. The van der Waals surface area contributed by atoms with Crippen LogP contribution in [0.1, 0.15) is 35.0 Å². The van der Waals surface area contributed by atoms with Crippen molar-refractivity contribution < 1.29 is 9.90 Å². The number of thioether (sulfide) groups is 1. The van der Waals surface area contributed by atoms with E-state index in [-0.39, 0.29) is 4.91 Å². The Labute approximate surface area is 214 Å². The number of hydrogen-bond acceptors (Lipinski definition) is 4. The third-order valence-electron chi connectivity index (χ3n) is 5.97. The van der Waals surface area contributed by atoms with Gasteiger partial charge in [-0.05, 0) is 99.5 Å². The molecule has 2 heterocycles. The van der Waals surface area contributed by atoms with Crippen LogP contribution in [0.15, 0.2) is 58.6 Å². The first kappa shape index (κ1) is 24.8. The van der Waals surface area contributed by atoms with Crippen LogP contribution >= 0.6 is 23.4 Å². The maximum absolute atomic E-state index is 12.2. The molecule has 0 radical (unpaired) electrons. The maximum atomic E-state index is 12.2. The van der Waals surface area contributed by atoms with Gasteiger partial charge in [0.05, 0.1) is 5.69 Å². The SMILES string of the molecule is CCn1c(S/C(=C\c2cc(C)n(-c3c(C)cccc3C)c2C)C(=O)O)nnc1-c1ccc(Cl)cc1. The number of para-hydroxylation sites is 1. The molecule has 0 aliphatic heterocycles. The lowest BCUT2D eigenvalue weighted by Crippen LogP contribution is -2.04. The second kappa shape index (κ2) is 10.1. The van der Waals surface area contributed by atoms with Gasteiger partial charge in [0.1, 0.15) is 4.91 Å². The minimum absolute atomic E-state index is 0.177. The van der Waals surface area contributed by atoms with Crippen molar-refractivity contribution in [1.82, 2.24) is 19.3 Å². The fraction of sp³-hybridized carbons (Fsp3) is 0.222. The zero-order valence-electron chi connectivity index (χ0n) is 20.3. The van der Waals surface area contributed by atoms with Crippen LogP contribution < -0.4 is 0 Å². The second-order valence-electron chi connectivity index (χ2n) is 8.38. The topological polar surface area (TPSA) is 72.9 Å². The van der Waals surface area contributed by atoms with Crippen molar-refractivity contribution >= 4 is 35.4 Å². The molecule has 0 saturated carbocycles. The molecule has 0 aliphatic rings. The summed E-state index contributed by atoms with van der Waals surface area (Å²) >= 11 is 7.12. The molecular weight excluding hydrogens is 480 g/mol. The lowest BCUT2D eigenvalue weighted by Gasteiger charge is -2.15. The van der Waals surface area contributed by atoms with Crippen molar-refractivity contribution in [3.05, 3.63) is 86.5 Å². The Morgan fingerprint density at radius 1 is 1.06 bits per heavy atom. The number of aliphatic carboxylic acids is 1. The van der Waals surface area contributed by atoms with Crippen molar-refractivity contribution in [3.8, 4) is 17.1 Å². The third kappa shape index (κ3) is 4.92. The molecule has 0 amide bonds. The number of aryl methyl sites for hydroxylation is 3. The van der Waals surface area contributed by atoms with E-state index >= 15 is 0 Å². The maximum Gasteiger partial charge on any atom is 0.342 e. The number of carboxylic acid groups (broad SMARTS) is 1. The molecule has 0 unspecified atom stereocenters. The summed E-state index contributed by atoms with van der Waals surface area (Å²) in [6.45, 7) is 10.8. The van der Waals surface area contributed by atoms with E-state index in [0.717, 1.165) is 40.0 Å². The van der Waals surface area contributed by atoms with Crippen LogP contribution in [0.2, 0.25) is 5.02 Å². The Morgan fingerprint density at radius 2 is 1.71 bits per heavy atom. The molecule has 1 N–H and O–H groups in total. The van der Waals surface area contributed by atoms with Gasteiger partial charge < -0.3 is 14.2 Å².